The van der Waals surface area contributed by atoms with Gasteiger partial charge >= 0.3 is 5.76 Å². The van der Waals surface area contributed by atoms with Gasteiger partial charge in [0, 0.05) is 12.1 Å². The molecule has 0 unspecified atom stereocenters. The highest BCUT2D eigenvalue weighted by molar-refractivity contribution is 5.53. The molecule has 1 heterocycles. The van der Waals surface area contributed by atoms with Crippen LogP contribution in [0.15, 0.2) is 33.5 Å². The summed E-state index contributed by atoms with van der Waals surface area (Å²) in [5.74, 6) is -0.332. The van der Waals surface area contributed by atoms with Crippen molar-refractivity contribution < 1.29 is 9.21 Å². The predicted molar refractivity (Wildman–Crippen MR) is 55.5 cm³/mol. The molecule has 0 radical (unpaired) electrons. The Bertz CT molecular complexity index is 527. The Balaban J connectivity index is 2.19. The van der Waals surface area contributed by atoms with Crippen LogP contribution in [-0.2, 0) is 11.3 Å². The standard InChI is InChI=1S/C10H9N3O3/c14-6-11-5-7-1-3-8(4-2-7)9-12-13-10(15)16-9/h1-4,6H,5H2,(H,11,14)(H,13,15). The lowest BCUT2D eigenvalue weighted by Gasteiger charge is -2.00. The highest BCUT2D eigenvalue weighted by Gasteiger charge is 2.04. The van der Waals surface area contributed by atoms with Crippen molar-refractivity contribution in [3.8, 4) is 11.5 Å². The van der Waals surface area contributed by atoms with Crippen molar-refractivity contribution in [3.05, 3.63) is 40.4 Å². The van der Waals surface area contributed by atoms with Crippen LogP contribution in [0.25, 0.3) is 11.5 Å². The number of carbonyl (C=O) groups is 1. The van der Waals surface area contributed by atoms with Crippen LogP contribution in [0, 0.1) is 0 Å². The molecule has 0 saturated heterocycles. The lowest BCUT2D eigenvalue weighted by molar-refractivity contribution is -0.109. The van der Waals surface area contributed by atoms with E-state index in [9.17, 15) is 9.59 Å². The maximum absolute atomic E-state index is 10.7. The molecule has 0 spiro atoms. The van der Waals surface area contributed by atoms with Crippen molar-refractivity contribution in [2.75, 3.05) is 0 Å². The smallest absolute Gasteiger partial charge is 0.388 e. The molecule has 0 aliphatic carbocycles. The van der Waals surface area contributed by atoms with Gasteiger partial charge in [0.15, 0.2) is 0 Å². The average Bonchev–Trinajstić information content (AvgIpc) is 2.74. The van der Waals surface area contributed by atoms with E-state index in [0.717, 1.165) is 5.56 Å². The van der Waals surface area contributed by atoms with E-state index in [1.54, 1.807) is 12.1 Å². The summed E-state index contributed by atoms with van der Waals surface area (Å²) in [5, 5.41) is 8.44. The number of H-pyrrole nitrogens is 1. The maximum atomic E-state index is 10.7. The Hall–Kier alpha value is -2.37. The van der Waals surface area contributed by atoms with Crippen molar-refractivity contribution in [2.24, 2.45) is 0 Å². The molecule has 0 saturated carbocycles. The van der Waals surface area contributed by atoms with Gasteiger partial charge in [0.25, 0.3) is 0 Å². The second-order valence-corrected chi connectivity index (χ2v) is 3.11. The fourth-order valence-corrected chi connectivity index (χ4v) is 1.28. The molecule has 0 aliphatic heterocycles. The number of amides is 1. The highest BCUT2D eigenvalue weighted by atomic mass is 16.4. The molecule has 1 aromatic heterocycles. The third kappa shape index (κ3) is 2.17. The van der Waals surface area contributed by atoms with Crippen molar-refractivity contribution in [3.63, 3.8) is 0 Å². The van der Waals surface area contributed by atoms with Crippen LogP contribution in [0.1, 0.15) is 5.56 Å². The predicted octanol–water partition coefficient (Wildman–Crippen LogP) is 0.276. The molecule has 0 fully saturated rings. The fourth-order valence-electron chi connectivity index (χ4n) is 1.28. The normalized spacial score (nSPS) is 10.0. The molecule has 82 valence electrons. The second kappa shape index (κ2) is 4.43. The molecular formula is C10H9N3O3. The largest absolute Gasteiger partial charge is 0.434 e. The molecule has 0 atom stereocenters. The van der Waals surface area contributed by atoms with Crippen molar-refractivity contribution >= 4 is 6.41 Å². The zero-order chi connectivity index (χ0) is 11.4. The molecular weight excluding hydrogens is 210 g/mol. The first-order valence-corrected chi connectivity index (χ1v) is 4.61. The van der Waals surface area contributed by atoms with E-state index >= 15 is 0 Å². The fraction of sp³-hybridized carbons (Fsp3) is 0.100. The molecule has 2 rings (SSSR count). The van der Waals surface area contributed by atoms with Crippen LogP contribution in [0.4, 0.5) is 0 Å². The van der Waals surface area contributed by atoms with Gasteiger partial charge in [-0.2, -0.15) is 0 Å². The van der Waals surface area contributed by atoms with Crippen LogP contribution in [0.3, 0.4) is 0 Å². The van der Waals surface area contributed by atoms with Gasteiger partial charge in [0.1, 0.15) is 0 Å². The van der Waals surface area contributed by atoms with Crippen molar-refractivity contribution in [2.45, 2.75) is 6.54 Å². The van der Waals surface area contributed by atoms with Crippen molar-refractivity contribution in [1.29, 1.82) is 0 Å². The molecule has 1 aromatic carbocycles. The molecule has 6 nitrogen and oxygen atoms in total. The first-order chi connectivity index (χ1) is 7.79. The van der Waals surface area contributed by atoms with Crippen LogP contribution in [0.2, 0.25) is 0 Å². The summed E-state index contributed by atoms with van der Waals surface area (Å²) in [6.07, 6.45) is 0.640. The molecule has 1 amide bonds. The van der Waals surface area contributed by atoms with Gasteiger partial charge in [-0.15, -0.1) is 5.10 Å². The van der Waals surface area contributed by atoms with Crippen LogP contribution in [0.5, 0.6) is 0 Å². The van der Waals surface area contributed by atoms with Crippen LogP contribution >= 0.6 is 0 Å². The molecule has 0 aliphatic rings. The number of nitrogens with one attached hydrogen (secondary N) is 2. The molecule has 2 aromatic rings. The summed E-state index contributed by atoms with van der Waals surface area (Å²) in [6, 6.07) is 7.17. The van der Waals surface area contributed by atoms with Crippen LogP contribution in [-0.4, -0.2) is 16.6 Å². The van der Waals surface area contributed by atoms with E-state index in [-0.39, 0.29) is 5.89 Å². The SMILES string of the molecule is O=CNCc1ccc(-c2n[nH]c(=O)o2)cc1. The second-order valence-electron chi connectivity index (χ2n) is 3.11. The minimum absolute atomic E-state index is 0.250. The topological polar surface area (TPSA) is 88.0 Å². The number of carbonyl (C=O) groups excluding carboxylic acids is 1. The summed E-state index contributed by atoms with van der Waals surface area (Å²) >= 11 is 0. The number of nitrogens with zero attached hydrogens (tertiary/aromatic N) is 1. The zero-order valence-corrected chi connectivity index (χ0v) is 8.27. The van der Waals surface area contributed by atoms with Gasteiger partial charge in [0.05, 0.1) is 0 Å². The van der Waals surface area contributed by atoms with E-state index in [2.05, 4.69) is 15.5 Å². The molecule has 2 N–H and O–H groups in total. The minimum atomic E-state index is -0.582. The number of aromatic amines is 1. The minimum Gasteiger partial charge on any atom is -0.388 e. The van der Waals surface area contributed by atoms with Gasteiger partial charge in [-0.3, -0.25) is 4.79 Å². The lowest BCUT2D eigenvalue weighted by atomic mass is 10.1. The van der Waals surface area contributed by atoms with Crippen LogP contribution < -0.4 is 11.1 Å². The first-order valence-electron chi connectivity index (χ1n) is 4.61. The van der Waals surface area contributed by atoms with Gasteiger partial charge < -0.3 is 9.73 Å². The lowest BCUT2D eigenvalue weighted by Crippen LogP contribution is -2.09. The zero-order valence-electron chi connectivity index (χ0n) is 8.27. The summed E-state index contributed by atoms with van der Waals surface area (Å²) < 4.78 is 4.80. The number of aromatic nitrogens is 2. The van der Waals surface area contributed by atoms with E-state index < -0.39 is 5.76 Å². The van der Waals surface area contributed by atoms with E-state index in [0.29, 0.717) is 18.5 Å². The van der Waals surface area contributed by atoms with E-state index in [1.807, 2.05) is 12.1 Å². The van der Waals surface area contributed by atoms with E-state index in [1.165, 1.54) is 0 Å². The van der Waals surface area contributed by atoms with Gasteiger partial charge in [0.2, 0.25) is 12.3 Å². The van der Waals surface area contributed by atoms with Crippen molar-refractivity contribution in [1.82, 2.24) is 15.5 Å². The number of rotatable bonds is 4. The molecule has 0 bridgehead atoms. The number of hydrogen-bond donors (Lipinski definition) is 2. The quantitative estimate of drug-likeness (QED) is 0.723. The third-order valence-corrected chi connectivity index (χ3v) is 2.03. The number of benzene rings is 1. The Morgan fingerprint density at radius 2 is 2.12 bits per heavy atom. The summed E-state index contributed by atoms with van der Waals surface area (Å²) in [4.78, 5) is 20.8. The monoisotopic (exact) mass is 219 g/mol. The maximum Gasteiger partial charge on any atom is 0.434 e. The van der Waals surface area contributed by atoms with Gasteiger partial charge in [-0.05, 0) is 17.7 Å². The van der Waals surface area contributed by atoms with Gasteiger partial charge in [-0.25, -0.2) is 9.89 Å². The Kier molecular flexibility index (Phi) is 2.81. The highest BCUT2D eigenvalue weighted by Crippen LogP contribution is 2.15. The van der Waals surface area contributed by atoms with E-state index in [4.69, 9.17) is 4.42 Å². The summed E-state index contributed by atoms with van der Waals surface area (Å²) in [5.41, 5.74) is 1.65. The Labute approximate surface area is 90.3 Å². The number of hydrogen-bond acceptors (Lipinski definition) is 4. The molecule has 6 heteroatoms. The van der Waals surface area contributed by atoms with Gasteiger partial charge in [-0.1, -0.05) is 12.1 Å². The molecule has 16 heavy (non-hydrogen) atoms. The summed E-state index contributed by atoms with van der Waals surface area (Å²) in [7, 11) is 0. The first kappa shape index (κ1) is 10.2. The summed E-state index contributed by atoms with van der Waals surface area (Å²) in [6.45, 7) is 0.467. The third-order valence-electron chi connectivity index (χ3n) is 2.03. The Morgan fingerprint density at radius 3 is 2.69 bits per heavy atom. The average molecular weight is 219 g/mol. The Morgan fingerprint density at radius 1 is 1.38 bits per heavy atom.